The van der Waals surface area contributed by atoms with Crippen LogP contribution in [0.5, 0.6) is 5.75 Å². The summed E-state index contributed by atoms with van der Waals surface area (Å²) in [5.74, 6) is -1.21. The Morgan fingerprint density at radius 2 is 2.15 bits per heavy atom. The van der Waals surface area contributed by atoms with Gasteiger partial charge >= 0.3 is 11.9 Å². The van der Waals surface area contributed by atoms with E-state index in [1.165, 1.54) is 6.07 Å². The smallest absolute Gasteiger partial charge is 0.336 e. The van der Waals surface area contributed by atoms with Crippen molar-refractivity contribution in [3.63, 3.8) is 0 Å². The Bertz CT molecular complexity index is 507. The molecule has 1 aromatic carbocycles. The van der Waals surface area contributed by atoms with Crippen LogP contribution in [0.1, 0.15) is 35.7 Å². The molecule has 0 spiro atoms. The first-order valence-electron chi connectivity index (χ1n) is 6.32. The van der Waals surface area contributed by atoms with E-state index < -0.39 is 18.2 Å². The van der Waals surface area contributed by atoms with Crippen LogP contribution in [-0.2, 0) is 9.53 Å². The number of ether oxygens (including phenoxy) is 2. The van der Waals surface area contributed by atoms with Crippen LogP contribution in [0.4, 0.5) is 0 Å². The van der Waals surface area contributed by atoms with Gasteiger partial charge in [-0.15, -0.1) is 0 Å². The number of carbonyl (C=O) groups is 2. The molecule has 0 bridgehead atoms. The third-order valence-corrected chi connectivity index (χ3v) is 2.71. The second kappa shape index (κ2) is 7.33. The van der Waals surface area contributed by atoms with Crippen molar-refractivity contribution in [2.45, 2.75) is 33.0 Å². The van der Waals surface area contributed by atoms with Gasteiger partial charge in [0.1, 0.15) is 5.75 Å². The number of aromatic carboxylic acids is 1. The Kier molecular flexibility index (Phi) is 5.77. The maximum Gasteiger partial charge on any atom is 0.336 e. The summed E-state index contributed by atoms with van der Waals surface area (Å²) in [6.45, 7) is 6.91. The SMILES string of the molecule is C=CC(=O)OC(CCC)Oc1cccc(C(=O)O)c1C. The van der Waals surface area contributed by atoms with Gasteiger partial charge in [0, 0.05) is 18.1 Å². The van der Waals surface area contributed by atoms with E-state index in [2.05, 4.69) is 6.58 Å². The summed E-state index contributed by atoms with van der Waals surface area (Å²) in [5, 5.41) is 9.06. The minimum atomic E-state index is -1.02. The third-order valence-electron chi connectivity index (χ3n) is 2.71. The fourth-order valence-electron chi connectivity index (χ4n) is 1.67. The molecule has 5 heteroatoms. The third kappa shape index (κ3) is 4.12. The lowest BCUT2D eigenvalue weighted by Crippen LogP contribution is -2.23. The van der Waals surface area contributed by atoms with Gasteiger partial charge in [0.2, 0.25) is 6.29 Å². The van der Waals surface area contributed by atoms with Gasteiger partial charge in [-0.1, -0.05) is 19.6 Å². The van der Waals surface area contributed by atoms with Gasteiger partial charge in [0.05, 0.1) is 5.56 Å². The molecule has 20 heavy (non-hydrogen) atoms. The minimum absolute atomic E-state index is 0.160. The Balaban J connectivity index is 2.93. The first-order chi connectivity index (χ1) is 9.49. The first-order valence-corrected chi connectivity index (χ1v) is 6.32. The Morgan fingerprint density at radius 1 is 1.45 bits per heavy atom. The quantitative estimate of drug-likeness (QED) is 0.471. The molecule has 1 aromatic rings. The van der Waals surface area contributed by atoms with Gasteiger partial charge in [-0.05, 0) is 25.5 Å². The van der Waals surface area contributed by atoms with Gasteiger partial charge in [0.25, 0.3) is 0 Å². The predicted molar refractivity (Wildman–Crippen MR) is 73.8 cm³/mol. The van der Waals surface area contributed by atoms with Crippen molar-refractivity contribution in [2.75, 3.05) is 0 Å². The molecule has 5 nitrogen and oxygen atoms in total. The molecule has 1 unspecified atom stereocenters. The number of carboxylic acids is 1. The maximum atomic E-state index is 11.2. The number of esters is 1. The molecule has 1 rings (SSSR count). The van der Waals surface area contributed by atoms with E-state index in [1.54, 1.807) is 19.1 Å². The molecule has 0 aliphatic rings. The van der Waals surface area contributed by atoms with Crippen LogP contribution in [0.15, 0.2) is 30.9 Å². The lowest BCUT2D eigenvalue weighted by molar-refractivity contribution is -0.158. The molecule has 0 radical (unpaired) electrons. The molecule has 108 valence electrons. The van der Waals surface area contributed by atoms with E-state index in [0.29, 0.717) is 17.7 Å². The molecule has 0 amide bonds. The molecular formula is C15H18O5. The van der Waals surface area contributed by atoms with Crippen molar-refractivity contribution in [3.8, 4) is 5.75 Å². The van der Waals surface area contributed by atoms with Crippen LogP contribution in [-0.4, -0.2) is 23.3 Å². The standard InChI is InChI=1S/C15H18O5/c1-4-7-14(20-13(16)5-2)19-12-9-6-8-11(10(12)3)15(17)18/h5-6,8-9,14H,2,4,7H2,1,3H3,(H,17,18). The highest BCUT2D eigenvalue weighted by Gasteiger charge is 2.17. The van der Waals surface area contributed by atoms with Crippen LogP contribution in [0.2, 0.25) is 0 Å². The van der Waals surface area contributed by atoms with E-state index >= 15 is 0 Å². The van der Waals surface area contributed by atoms with E-state index in [9.17, 15) is 9.59 Å². The topological polar surface area (TPSA) is 72.8 Å². The van der Waals surface area contributed by atoms with E-state index in [4.69, 9.17) is 14.6 Å². The summed E-state index contributed by atoms with van der Waals surface area (Å²) in [6.07, 6.45) is 1.57. The number of rotatable bonds is 7. The van der Waals surface area contributed by atoms with Crippen LogP contribution >= 0.6 is 0 Å². The lowest BCUT2D eigenvalue weighted by Gasteiger charge is -2.19. The highest BCUT2D eigenvalue weighted by atomic mass is 16.7. The van der Waals surface area contributed by atoms with Crippen molar-refractivity contribution in [3.05, 3.63) is 42.0 Å². The van der Waals surface area contributed by atoms with Gasteiger partial charge in [-0.25, -0.2) is 9.59 Å². The van der Waals surface area contributed by atoms with Crippen LogP contribution in [0.3, 0.4) is 0 Å². The van der Waals surface area contributed by atoms with E-state index in [1.807, 2.05) is 6.92 Å². The first kappa shape index (κ1) is 15.8. The second-order valence-electron chi connectivity index (χ2n) is 4.21. The van der Waals surface area contributed by atoms with Gasteiger partial charge < -0.3 is 14.6 Å². The van der Waals surface area contributed by atoms with Crippen molar-refractivity contribution < 1.29 is 24.2 Å². The largest absolute Gasteiger partial charge is 0.478 e. The van der Waals surface area contributed by atoms with Crippen molar-refractivity contribution >= 4 is 11.9 Å². The molecule has 0 saturated carbocycles. The molecule has 0 aromatic heterocycles. The van der Waals surface area contributed by atoms with Crippen LogP contribution in [0.25, 0.3) is 0 Å². The van der Waals surface area contributed by atoms with Gasteiger partial charge in [-0.2, -0.15) is 0 Å². The maximum absolute atomic E-state index is 11.2. The van der Waals surface area contributed by atoms with Gasteiger partial charge in [0.15, 0.2) is 0 Å². The highest BCUT2D eigenvalue weighted by molar-refractivity contribution is 5.90. The molecule has 1 N–H and O–H groups in total. The highest BCUT2D eigenvalue weighted by Crippen LogP contribution is 2.23. The molecule has 0 aliphatic heterocycles. The Hall–Kier alpha value is -2.30. The lowest BCUT2D eigenvalue weighted by atomic mass is 10.1. The van der Waals surface area contributed by atoms with E-state index in [-0.39, 0.29) is 5.56 Å². The van der Waals surface area contributed by atoms with Crippen molar-refractivity contribution in [1.29, 1.82) is 0 Å². The van der Waals surface area contributed by atoms with Crippen LogP contribution in [0, 0.1) is 6.92 Å². The molecular weight excluding hydrogens is 260 g/mol. The van der Waals surface area contributed by atoms with Gasteiger partial charge in [-0.3, -0.25) is 0 Å². The summed E-state index contributed by atoms with van der Waals surface area (Å²) in [4.78, 5) is 22.3. The minimum Gasteiger partial charge on any atom is -0.478 e. The Labute approximate surface area is 117 Å². The summed E-state index contributed by atoms with van der Waals surface area (Å²) >= 11 is 0. The molecule has 0 saturated heterocycles. The summed E-state index contributed by atoms with van der Waals surface area (Å²) in [6, 6.07) is 4.73. The fourth-order valence-corrected chi connectivity index (χ4v) is 1.67. The molecule has 0 aliphatic carbocycles. The fraction of sp³-hybridized carbons (Fsp3) is 0.333. The molecule has 0 fully saturated rings. The van der Waals surface area contributed by atoms with Crippen molar-refractivity contribution in [2.24, 2.45) is 0 Å². The van der Waals surface area contributed by atoms with Crippen LogP contribution < -0.4 is 4.74 Å². The number of hydrogen-bond donors (Lipinski definition) is 1. The average Bonchev–Trinajstić information content (AvgIpc) is 2.40. The number of benzene rings is 1. The zero-order chi connectivity index (χ0) is 15.1. The zero-order valence-electron chi connectivity index (χ0n) is 11.6. The zero-order valence-corrected chi connectivity index (χ0v) is 11.6. The Morgan fingerprint density at radius 3 is 2.70 bits per heavy atom. The summed E-state index contributed by atoms with van der Waals surface area (Å²) in [7, 11) is 0. The number of carboxylic acid groups (broad SMARTS) is 1. The monoisotopic (exact) mass is 278 g/mol. The normalized spacial score (nSPS) is 11.5. The second-order valence-corrected chi connectivity index (χ2v) is 4.21. The average molecular weight is 278 g/mol. The summed E-state index contributed by atoms with van der Waals surface area (Å²) in [5.41, 5.74) is 0.656. The number of carbonyl (C=O) groups excluding carboxylic acids is 1. The molecule has 0 heterocycles. The summed E-state index contributed by atoms with van der Waals surface area (Å²) < 4.78 is 10.7. The molecule has 1 atom stereocenters. The van der Waals surface area contributed by atoms with E-state index in [0.717, 1.165) is 12.5 Å². The van der Waals surface area contributed by atoms with Crippen molar-refractivity contribution in [1.82, 2.24) is 0 Å². The predicted octanol–water partition coefficient (Wildman–Crippen LogP) is 2.93. The number of hydrogen-bond acceptors (Lipinski definition) is 4.